The number of urea groups is 1. The molecule has 1 aliphatic heterocycles. The summed E-state index contributed by atoms with van der Waals surface area (Å²) in [4.78, 5) is 36.0. The lowest BCUT2D eigenvalue weighted by Crippen LogP contribution is -2.52. The van der Waals surface area contributed by atoms with E-state index in [0.29, 0.717) is 17.1 Å². The summed E-state index contributed by atoms with van der Waals surface area (Å²) in [6, 6.07) is 4.32. The predicted molar refractivity (Wildman–Crippen MR) is 73.8 cm³/mol. The summed E-state index contributed by atoms with van der Waals surface area (Å²) in [6.45, 7) is 0. The van der Waals surface area contributed by atoms with Crippen LogP contribution < -0.4 is 14.8 Å². The summed E-state index contributed by atoms with van der Waals surface area (Å²) in [5, 5.41) is 2.08. The van der Waals surface area contributed by atoms with E-state index in [1.165, 1.54) is 27.3 Å². The Bertz CT molecular complexity index is 651. The topological polar surface area (TPSA) is 84.9 Å². The summed E-state index contributed by atoms with van der Waals surface area (Å²) in [6.07, 6.45) is 1.36. The molecule has 1 N–H and O–H groups in total. The number of ether oxygens (including phenoxy) is 2. The fourth-order valence-corrected chi connectivity index (χ4v) is 1.93. The first-order valence-electron chi connectivity index (χ1n) is 6.05. The van der Waals surface area contributed by atoms with Crippen LogP contribution in [0, 0.1) is 0 Å². The molecule has 7 nitrogen and oxygen atoms in total. The lowest BCUT2D eigenvalue weighted by molar-refractivity contribution is -0.129. The van der Waals surface area contributed by atoms with Crippen molar-refractivity contribution >= 4 is 23.9 Å². The van der Waals surface area contributed by atoms with Gasteiger partial charge in [0.2, 0.25) is 0 Å². The predicted octanol–water partition coefficient (Wildman–Crippen LogP) is 0.795. The quantitative estimate of drug-likeness (QED) is 0.657. The van der Waals surface area contributed by atoms with Gasteiger partial charge in [0.15, 0.2) is 11.5 Å². The number of carbonyl (C=O) groups excluding carboxylic acids is 3. The van der Waals surface area contributed by atoms with E-state index >= 15 is 0 Å². The maximum atomic E-state index is 12.0. The molecule has 1 aromatic rings. The van der Waals surface area contributed by atoms with E-state index in [1.54, 1.807) is 18.2 Å². The second kappa shape index (κ2) is 5.66. The van der Waals surface area contributed by atoms with Crippen molar-refractivity contribution in [1.29, 1.82) is 0 Å². The van der Waals surface area contributed by atoms with E-state index in [4.69, 9.17) is 9.47 Å². The average Bonchev–Trinajstić information content (AvgIpc) is 2.48. The van der Waals surface area contributed by atoms with Gasteiger partial charge in [-0.05, 0) is 12.1 Å². The van der Waals surface area contributed by atoms with Crippen molar-refractivity contribution in [3.63, 3.8) is 0 Å². The van der Waals surface area contributed by atoms with Crippen molar-refractivity contribution in [3.8, 4) is 11.5 Å². The Hall–Kier alpha value is -2.83. The van der Waals surface area contributed by atoms with Crippen LogP contribution >= 0.6 is 0 Å². The number of para-hydroxylation sites is 1. The zero-order chi connectivity index (χ0) is 15.6. The van der Waals surface area contributed by atoms with E-state index in [9.17, 15) is 14.4 Å². The standard InChI is InChI=1S/C14H14N2O5/c1-16-13(18)9(12(17)15-14(16)19)7-8-5-4-6-10(20-2)11(8)21-3/h4-7H,1-3H3,(H,15,17,19). The second-order valence-electron chi connectivity index (χ2n) is 4.26. The van der Waals surface area contributed by atoms with Crippen LogP contribution in [0.3, 0.4) is 0 Å². The van der Waals surface area contributed by atoms with E-state index in [-0.39, 0.29) is 5.57 Å². The molecule has 0 aromatic heterocycles. The van der Waals surface area contributed by atoms with Crippen LogP contribution in [0.4, 0.5) is 4.79 Å². The maximum absolute atomic E-state index is 12.0. The van der Waals surface area contributed by atoms with Gasteiger partial charge in [-0.15, -0.1) is 0 Å². The minimum Gasteiger partial charge on any atom is -0.493 e. The summed E-state index contributed by atoms with van der Waals surface area (Å²) in [5.41, 5.74) is 0.349. The number of amides is 4. The van der Waals surface area contributed by atoms with Gasteiger partial charge in [0.1, 0.15) is 5.57 Å². The molecule has 1 saturated heterocycles. The van der Waals surface area contributed by atoms with E-state index < -0.39 is 17.8 Å². The normalized spacial score (nSPS) is 17.0. The first-order chi connectivity index (χ1) is 9.99. The highest BCUT2D eigenvalue weighted by Gasteiger charge is 2.33. The first kappa shape index (κ1) is 14.6. The van der Waals surface area contributed by atoms with Gasteiger partial charge >= 0.3 is 6.03 Å². The summed E-state index contributed by atoms with van der Waals surface area (Å²) in [7, 11) is 4.23. The van der Waals surface area contributed by atoms with E-state index in [0.717, 1.165) is 4.90 Å². The number of rotatable bonds is 3. The number of carbonyl (C=O) groups is 3. The lowest BCUT2D eigenvalue weighted by atomic mass is 10.1. The van der Waals surface area contributed by atoms with Crippen LogP contribution in [-0.4, -0.2) is 44.0 Å². The summed E-state index contributed by atoms with van der Waals surface area (Å²) < 4.78 is 10.4. The van der Waals surface area contributed by atoms with Crippen LogP contribution in [0.15, 0.2) is 23.8 Å². The number of methoxy groups -OCH3 is 2. The molecular formula is C14H14N2O5. The fraction of sp³-hybridized carbons (Fsp3) is 0.214. The van der Waals surface area contributed by atoms with Crippen molar-refractivity contribution in [1.82, 2.24) is 10.2 Å². The Morgan fingerprint density at radius 2 is 1.86 bits per heavy atom. The summed E-state index contributed by atoms with van der Waals surface area (Å²) in [5.74, 6) is -0.547. The maximum Gasteiger partial charge on any atom is 0.331 e. The van der Waals surface area contributed by atoms with Crippen LogP contribution in [0.2, 0.25) is 0 Å². The molecule has 2 rings (SSSR count). The smallest absolute Gasteiger partial charge is 0.331 e. The molecule has 4 amide bonds. The van der Waals surface area contributed by atoms with Crippen LogP contribution in [0.5, 0.6) is 11.5 Å². The van der Waals surface area contributed by atoms with Crippen molar-refractivity contribution in [2.24, 2.45) is 0 Å². The number of nitrogens with zero attached hydrogens (tertiary/aromatic N) is 1. The minimum atomic E-state index is -0.750. The number of hydrogen-bond acceptors (Lipinski definition) is 5. The molecule has 0 atom stereocenters. The monoisotopic (exact) mass is 290 g/mol. The molecule has 7 heteroatoms. The largest absolute Gasteiger partial charge is 0.493 e. The molecule has 1 heterocycles. The highest BCUT2D eigenvalue weighted by Crippen LogP contribution is 2.32. The molecule has 110 valence electrons. The molecule has 0 saturated carbocycles. The van der Waals surface area contributed by atoms with Gasteiger partial charge in [-0.2, -0.15) is 0 Å². The molecular weight excluding hydrogens is 276 g/mol. The molecule has 1 aliphatic rings. The third-order valence-corrected chi connectivity index (χ3v) is 3.04. The number of hydrogen-bond donors (Lipinski definition) is 1. The van der Waals surface area contributed by atoms with Gasteiger partial charge in [0.05, 0.1) is 14.2 Å². The van der Waals surface area contributed by atoms with E-state index in [2.05, 4.69) is 5.32 Å². The Balaban J connectivity index is 2.50. The molecule has 1 aromatic carbocycles. The van der Waals surface area contributed by atoms with Crippen molar-refractivity contribution < 1.29 is 23.9 Å². The van der Waals surface area contributed by atoms with Crippen molar-refractivity contribution in [3.05, 3.63) is 29.3 Å². The highest BCUT2D eigenvalue weighted by atomic mass is 16.5. The van der Waals surface area contributed by atoms with Crippen LogP contribution in [-0.2, 0) is 9.59 Å². The number of likely N-dealkylation sites (N-methyl/N-ethyl adjacent to an activating group) is 1. The zero-order valence-corrected chi connectivity index (χ0v) is 11.8. The van der Waals surface area contributed by atoms with E-state index in [1.807, 2.05) is 0 Å². The Morgan fingerprint density at radius 3 is 2.48 bits per heavy atom. The molecule has 0 radical (unpaired) electrons. The third kappa shape index (κ3) is 2.58. The van der Waals surface area contributed by atoms with Gasteiger partial charge in [-0.1, -0.05) is 12.1 Å². The van der Waals surface area contributed by atoms with Gasteiger partial charge in [-0.25, -0.2) is 4.79 Å². The van der Waals surface area contributed by atoms with Gasteiger partial charge in [0.25, 0.3) is 11.8 Å². The van der Waals surface area contributed by atoms with Crippen molar-refractivity contribution in [2.45, 2.75) is 0 Å². The number of barbiturate groups is 1. The zero-order valence-electron chi connectivity index (χ0n) is 11.8. The van der Waals surface area contributed by atoms with Gasteiger partial charge in [0, 0.05) is 12.6 Å². The molecule has 21 heavy (non-hydrogen) atoms. The molecule has 0 spiro atoms. The van der Waals surface area contributed by atoms with Crippen LogP contribution in [0.25, 0.3) is 6.08 Å². The molecule has 1 fully saturated rings. The number of benzene rings is 1. The number of imide groups is 2. The molecule has 0 unspecified atom stereocenters. The lowest BCUT2D eigenvalue weighted by Gasteiger charge is -2.22. The Labute approximate surface area is 121 Å². The highest BCUT2D eigenvalue weighted by molar-refractivity contribution is 6.30. The SMILES string of the molecule is COc1cccc(C=C2C(=O)NC(=O)N(C)C2=O)c1OC. The van der Waals surface area contributed by atoms with Gasteiger partial charge < -0.3 is 9.47 Å². The molecule has 0 aliphatic carbocycles. The van der Waals surface area contributed by atoms with Crippen molar-refractivity contribution in [2.75, 3.05) is 21.3 Å². The fourth-order valence-electron chi connectivity index (χ4n) is 1.93. The third-order valence-electron chi connectivity index (χ3n) is 3.04. The second-order valence-corrected chi connectivity index (χ2v) is 4.26. The Morgan fingerprint density at radius 1 is 1.14 bits per heavy atom. The van der Waals surface area contributed by atoms with Gasteiger partial charge in [-0.3, -0.25) is 19.8 Å². The van der Waals surface area contributed by atoms with Crippen LogP contribution in [0.1, 0.15) is 5.56 Å². The summed E-state index contributed by atoms with van der Waals surface area (Å²) >= 11 is 0. The minimum absolute atomic E-state index is 0.149. The Kier molecular flexibility index (Phi) is 3.93. The number of nitrogens with one attached hydrogen (secondary N) is 1. The molecule has 0 bridgehead atoms. The average molecular weight is 290 g/mol. The first-order valence-corrected chi connectivity index (χ1v) is 6.05.